The van der Waals surface area contributed by atoms with Gasteiger partial charge >= 0.3 is 0 Å². The minimum Gasteiger partial charge on any atom is -0.457 e. The third-order valence-corrected chi connectivity index (χ3v) is 3.33. The van der Waals surface area contributed by atoms with Crippen LogP contribution in [-0.2, 0) is 0 Å². The smallest absolute Gasteiger partial charge is 0.128 e. The monoisotopic (exact) mass is 299 g/mol. The van der Waals surface area contributed by atoms with Crippen molar-refractivity contribution in [3.63, 3.8) is 0 Å². The van der Waals surface area contributed by atoms with Crippen molar-refractivity contribution < 1.29 is 4.74 Å². The molecule has 3 rings (SSSR count). The molecule has 2 nitrogen and oxygen atoms in total. The number of hydrogen-bond donors (Lipinski definition) is 0. The van der Waals surface area contributed by atoms with Gasteiger partial charge in [-0.1, -0.05) is 34.1 Å². The lowest BCUT2D eigenvalue weighted by atomic mass is 10.2. The van der Waals surface area contributed by atoms with E-state index in [2.05, 4.69) is 20.9 Å². The Morgan fingerprint density at radius 1 is 0.889 bits per heavy atom. The van der Waals surface area contributed by atoms with Gasteiger partial charge in [-0.05, 0) is 36.4 Å². The number of nitrogens with zero attached hydrogens (tertiary/aromatic N) is 1. The van der Waals surface area contributed by atoms with Crippen molar-refractivity contribution in [3.8, 4) is 11.5 Å². The van der Waals surface area contributed by atoms with Gasteiger partial charge in [0, 0.05) is 16.1 Å². The van der Waals surface area contributed by atoms with E-state index in [0.29, 0.717) is 0 Å². The molecule has 0 saturated carbocycles. The summed E-state index contributed by atoms with van der Waals surface area (Å²) in [6, 6.07) is 17.5. The molecule has 1 aromatic heterocycles. The predicted octanol–water partition coefficient (Wildman–Crippen LogP) is 4.79. The highest BCUT2D eigenvalue weighted by Crippen LogP contribution is 2.28. The molecule has 0 N–H and O–H groups in total. The van der Waals surface area contributed by atoms with Crippen molar-refractivity contribution in [2.75, 3.05) is 0 Å². The first-order chi connectivity index (χ1) is 8.83. The minimum absolute atomic E-state index is 0.808. The number of pyridine rings is 1. The van der Waals surface area contributed by atoms with Gasteiger partial charge in [0.25, 0.3) is 0 Å². The van der Waals surface area contributed by atoms with Gasteiger partial charge < -0.3 is 4.74 Å². The zero-order valence-electron chi connectivity index (χ0n) is 9.51. The van der Waals surface area contributed by atoms with Crippen LogP contribution >= 0.6 is 15.9 Å². The van der Waals surface area contributed by atoms with E-state index >= 15 is 0 Å². The number of aromatic nitrogens is 1. The van der Waals surface area contributed by atoms with Crippen LogP contribution in [0.3, 0.4) is 0 Å². The Labute approximate surface area is 113 Å². The van der Waals surface area contributed by atoms with Crippen molar-refractivity contribution in [2.24, 2.45) is 0 Å². The SMILES string of the molecule is Brc1ccnc2ccc(Oc3ccccc3)cc12. The first kappa shape index (κ1) is 11.2. The van der Waals surface area contributed by atoms with Crippen LogP contribution < -0.4 is 4.74 Å². The number of hydrogen-bond acceptors (Lipinski definition) is 2. The lowest BCUT2D eigenvalue weighted by molar-refractivity contribution is 0.483. The molecule has 3 aromatic rings. The molecule has 0 radical (unpaired) electrons. The lowest BCUT2D eigenvalue weighted by Gasteiger charge is -2.07. The van der Waals surface area contributed by atoms with Gasteiger partial charge in [0.15, 0.2) is 0 Å². The maximum absolute atomic E-state index is 5.79. The second kappa shape index (κ2) is 4.78. The molecule has 0 atom stereocenters. The molecule has 1 heterocycles. The zero-order chi connectivity index (χ0) is 12.4. The summed E-state index contributed by atoms with van der Waals surface area (Å²) in [6.07, 6.45) is 1.78. The quantitative estimate of drug-likeness (QED) is 0.679. The molecule has 3 heteroatoms. The van der Waals surface area contributed by atoms with E-state index in [1.165, 1.54) is 0 Å². The van der Waals surface area contributed by atoms with Crippen molar-refractivity contribution in [1.82, 2.24) is 4.98 Å². The van der Waals surface area contributed by atoms with E-state index in [-0.39, 0.29) is 0 Å². The number of rotatable bonds is 2. The number of halogens is 1. The van der Waals surface area contributed by atoms with E-state index < -0.39 is 0 Å². The fourth-order valence-corrected chi connectivity index (χ4v) is 2.22. The van der Waals surface area contributed by atoms with Crippen molar-refractivity contribution in [1.29, 1.82) is 0 Å². The van der Waals surface area contributed by atoms with Gasteiger partial charge in [0.05, 0.1) is 5.52 Å². The molecule has 88 valence electrons. The third kappa shape index (κ3) is 2.22. The van der Waals surface area contributed by atoms with Crippen LogP contribution in [0.4, 0.5) is 0 Å². The fourth-order valence-electron chi connectivity index (χ4n) is 1.78. The predicted molar refractivity (Wildman–Crippen MR) is 76.0 cm³/mol. The number of para-hydroxylation sites is 1. The molecule has 0 bridgehead atoms. The maximum Gasteiger partial charge on any atom is 0.128 e. The van der Waals surface area contributed by atoms with Crippen LogP contribution in [0.15, 0.2) is 65.3 Å². The van der Waals surface area contributed by atoms with E-state index in [9.17, 15) is 0 Å². The van der Waals surface area contributed by atoms with Crippen LogP contribution in [0.2, 0.25) is 0 Å². The summed E-state index contributed by atoms with van der Waals surface area (Å²) in [5.41, 5.74) is 0.949. The summed E-state index contributed by atoms with van der Waals surface area (Å²) in [5.74, 6) is 1.64. The van der Waals surface area contributed by atoms with Crippen LogP contribution in [0, 0.1) is 0 Å². The number of ether oxygens (including phenoxy) is 1. The first-order valence-electron chi connectivity index (χ1n) is 5.60. The second-order valence-electron chi connectivity index (χ2n) is 3.89. The van der Waals surface area contributed by atoms with Crippen molar-refractivity contribution in [2.45, 2.75) is 0 Å². The molecule has 0 unspecified atom stereocenters. The average Bonchev–Trinajstić information content (AvgIpc) is 2.41. The Balaban J connectivity index is 2.01. The molecular weight excluding hydrogens is 290 g/mol. The second-order valence-corrected chi connectivity index (χ2v) is 4.74. The minimum atomic E-state index is 0.808. The summed E-state index contributed by atoms with van der Waals surface area (Å²) >= 11 is 3.52. The highest BCUT2D eigenvalue weighted by Gasteiger charge is 2.02. The topological polar surface area (TPSA) is 22.1 Å². The van der Waals surface area contributed by atoms with Crippen LogP contribution in [-0.4, -0.2) is 4.98 Å². The molecule has 18 heavy (non-hydrogen) atoms. The van der Waals surface area contributed by atoms with Crippen molar-refractivity contribution in [3.05, 3.63) is 65.3 Å². The Hall–Kier alpha value is -1.87. The highest BCUT2D eigenvalue weighted by molar-refractivity contribution is 9.10. The maximum atomic E-state index is 5.79. The summed E-state index contributed by atoms with van der Waals surface area (Å²) in [6.45, 7) is 0. The van der Waals surface area contributed by atoms with Gasteiger partial charge in [-0.3, -0.25) is 4.98 Å². The molecule has 2 aromatic carbocycles. The molecular formula is C15H10BrNO. The molecule has 0 aliphatic rings. The molecule has 0 aliphatic carbocycles. The zero-order valence-corrected chi connectivity index (χ0v) is 11.1. The lowest BCUT2D eigenvalue weighted by Crippen LogP contribution is -1.85. The molecule has 0 amide bonds. The van der Waals surface area contributed by atoms with Crippen molar-refractivity contribution >= 4 is 26.8 Å². The van der Waals surface area contributed by atoms with Crippen LogP contribution in [0.1, 0.15) is 0 Å². The van der Waals surface area contributed by atoms with E-state index in [1.54, 1.807) is 6.20 Å². The average molecular weight is 300 g/mol. The van der Waals surface area contributed by atoms with Crippen LogP contribution in [0.25, 0.3) is 10.9 Å². The molecule has 0 fully saturated rings. The van der Waals surface area contributed by atoms with Gasteiger partial charge in [-0.15, -0.1) is 0 Å². The summed E-state index contributed by atoms with van der Waals surface area (Å²) in [7, 11) is 0. The number of fused-ring (bicyclic) bond motifs is 1. The normalized spacial score (nSPS) is 10.5. The van der Waals surface area contributed by atoms with Gasteiger partial charge in [0.1, 0.15) is 11.5 Å². The van der Waals surface area contributed by atoms with E-state index in [4.69, 9.17) is 4.74 Å². The van der Waals surface area contributed by atoms with Gasteiger partial charge in [-0.2, -0.15) is 0 Å². The molecule has 0 aliphatic heterocycles. The standard InChI is InChI=1S/C15H10BrNO/c16-14-8-9-17-15-7-6-12(10-13(14)15)18-11-4-2-1-3-5-11/h1-10H. The van der Waals surface area contributed by atoms with E-state index in [1.807, 2.05) is 54.6 Å². The summed E-state index contributed by atoms with van der Waals surface area (Å²) in [4.78, 5) is 4.30. The van der Waals surface area contributed by atoms with Gasteiger partial charge in [0.2, 0.25) is 0 Å². The first-order valence-corrected chi connectivity index (χ1v) is 6.39. The Bertz CT molecular complexity index is 682. The summed E-state index contributed by atoms with van der Waals surface area (Å²) in [5, 5.41) is 1.05. The molecule has 0 spiro atoms. The Morgan fingerprint density at radius 3 is 2.56 bits per heavy atom. The van der Waals surface area contributed by atoms with E-state index in [0.717, 1.165) is 26.9 Å². The fraction of sp³-hybridized carbons (Fsp3) is 0. The number of benzene rings is 2. The van der Waals surface area contributed by atoms with Crippen LogP contribution in [0.5, 0.6) is 11.5 Å². The third-order valence-electron chi connectivity index (χ3n) is 2.64. The highest BCUT2D eigenvalue weighted by atomic mass is 79.9. The Morgan fingerprint density at radius 2 is 1.72 bits per heavy atom. The largest absolute Gasteiger partial charge is 0.457 e. The van der Waals surface area contributed by atoms with Gasteiger partial charge in [-0.25, -0.2) is 0 Å². The summed E-state index contributed by atoms with van der Waals surface area (Å²) < 4.78 is 6.81. The molecule has 0 saturated heterocycles. The Kier molecular flexibility index (Phi) is 2.99.